The van der Waals surface area contributed by atoms with Crippen LogP contribution in [0.25, 0.3) is 11.5 Å². The zero-order valence-corrected chi connectivity index (χ0v) is 16.3. The molecule has 2 aromatic heterocycles. The molecule has 0 fully saturated rings. The number of ether oxygens (including phenoxy) is 2. The van der Waals surface area contributed by atoms with Crippen molar-refractivity contribution < 1.29 is 18.4 Å². The monoisotopic (exact) mass is 408 g/mol. The summed E-state index contributed by atoms with van der Waals surface area (Å²) in [6.07, 6.45) is -0.438. The van der Waals surface area contributed by atoms with Crippen molar-refractivity contribution >= 4 is 11.8 Å². The van der Waals surface area contributed by atoms with Crippen LogP contribution in [0.1, 0.15) is 23.4 Å². The van der Waals surface area contributed by atoms with Crippen molar-refractivity contribution in [3.63, 3.8) is 0 Å². The summed E-state index contributed by atoms with van der Waals surface area (Å²) in [5.41, 5.74) is 2.00. The van der Waals surface area contributed by atoms with Crippen molar-refractivity contribution in [2.75, 3.05) is 6.61 Å². The summed E-state index contributed by atoms with van der Waals surface area (Å²) in [6, 6.07) is 15.3. The van der Waals surface area contributed by atoms with E-state index in [-0.39, 0.29) is 0 Å². The van der Waals surface area contributed by atoms with Crippen molar-refractivity contribution in [3.8, 4) is 23.0 Å². The van der Waals surface area contributed by atoms with Gasteiger partial charge in [-0.05, 0) is 30.7 Å². The van der Waals surface area contributed by atoms with Crippen LogP contribution >= 0.6 is 11.8 Å². The Balaban J connectivity index is 1.23. The minimum Gasteiger partial charge on any atom is -0.485 e. The molecule has 0 amide bonds. The molecule has 1 aliphatic heterocycles. The lowest BCUT2D eigenvalue weighted by atomic mass is 10.1. The van der Waals surface area contributed by atoms with Gasteiger partial charge in [-0.15, -0.1) is 10.2 Å². The van der Waals surface area contributed by atoms with E-state index in [0.29, 0.717) is 46.7 Å². The molecule has 0 aliphatic carbocycles. The van der Waals surface area contributed by atoms with Crippen LogP contribution in [0.5, 0.6) is 11.5 Å². The first-order valence-electron chi connectivity index (χ1n) is 8.99. The van der Waals surface area contributed by atoms with Gasteiger partial charge >= 0.3 is 0 Å². The quantitative estimate of drug-likeness (QED) is 0.449. The Morgan fingerprint density at radius 1 is 1.03 bits per heavy atom. The molecule has 0 radical (unpaired) electrons. The van der Waals surface area contributed by atoms with Crippen molar-refractivity contribution in [1.29, 1.82) is 0 Å². The fourth-order valence-corrected chi connectivity index (χ4v) is 3.52. The number of nitrogens with zero attached hydrogens (tertiary/aromatic N) is 4. The average Bonchev–Trinajstić information content (AvgIpc) is 3.42. The molecule has 8 nitrogen and oxygen atoms in total. The Hall–Kier alpha value is -3.33. The summed E-state index contributed by atoms with van der Waals surface area (Å²) in [5, 5.41) is 12.7. The van der Waals surface area contributed by atoms with E-state index in [0.717, 1.165) is 11.1 Å². The summed E-state index contributed by atoms with van der Waals surface area (Å²) in [5.74, 6) is 3.19. The summed E-state index contributed by atoms with van der Waals surface area (Å²) < 4.78 is 22.7. The first-order chi connectivity index (χ1) is 14.3. The number of aromatic nitrogens is 4. The number of hydrogen-bond acceptors (Lipinski definition) is 9. The van der Waals surface area contributed by atoms with Crippen LogP contribution in [0.2, 0.25) is 0 Å². The average molecular weight is 408 g/mol. The zero-order valence-electron chi connectivity index (χ0n) is 15.4. The third-order valence-corrected chi connectivity index (χ3v) is 5.19. The van der Waals surface area contributed by atoms with E-state index in [2.05, 4.69) is 20.3 Å². The van der Waals surface area contributed by atoms with E-state index in [1.807, 2.05) is 55.5 Å². The minimum atomic E-state index is -0.438. The van der Waals surface area contributed by atoms with E-state index in [1.54, 1.807) is 0 Å². The van der Waals surface area contributed by atoms with Gasteiger partial charge in [-0.2, -0.15) is 4.98 Å². The van der Waals surface area contributed by atoms with Gasteiger partial charge in [-0.25, -0.2) is 0 Å². The third kappa shape index (κ3) is 3.68. The molecule has 0 N–H and O–H groups in total. The number of para-hydroxylation sites is 2. The van der Waals surface area contributed by atoms with Gasteiger partial charge in [0.2, 0.25) is 12.0 Å². The fourth-order valence-electron chi connectivity index (χ4n) is 2.91. The lowest BCUT2D eigenvalue weighted by Crippen LogP contribution is -2.21. The van der Waals surface area contributed by atoms with Crippen molar-refractivity contribution in [1.82, 2.24) is 20.3 Å². The second kappa shape index (κ2) is 7.59. The Kier molecular flexibility index (Phi) is 4.65. The molecular formula is C20H16N4O4S. The van der Waals surface area contributed by atoms with Crippen LogP contribution in [-0.4, -0.2) is 26.9 Å². The SMILES string of the molecule is Cc1ccccc1-c1nnc(SCc2noc([C@H]3COc4ccccc4O3)n2)o1. The lowest BCUT2D eigenvalue weighted by Gasteiger charge is -2.23. The summed E-state index contributed by atoms with van der Waals surface area (Å²) >= 11 is 1.35. The number of rotatable bonds is 5. The van der Waals surface area contributed by atoms with Crippen molar-refractivity contribution in [2.24, 2.45) is 0 Å². The highest BCUT2D eigenvalue weighted by molar-refractivity contribution is 7.98. The summed E-state index contributed by atoms with van der Waals surface area (Å²) in [7, 11) is 0. The lowest BCUT2D eigenvalue weighted by molar-refractivity contribution is 0.0665. The second-order valence-electron chi connectivity index (χ2n) is 6.39. The largest absolute Gasteiger partial charge is 0.485 e. The van der Waals surface area contributed by atoms with E-state index < -0.39 is 6.10 Å². The van der Waals surface area contributed by atoms with Crippen LogP contribution in [0.3, 0.4) is 0 Å². The van der Waals surface area contributed by atoms with Crippen molar-refractivity contribution in [2.45, 2.75) is 24.0 Å². The summed E-state index contributed by atoms with van der Waals surface area (Å²) in [6.45, 7) is 2.32. The number of fused-ring (bicyclic) bond motifs is 1. The smallest absolute Gasteiger partial charge is 0.277 e. The molecule has 0 spiro atoms. The topological polar surface area (TPSA) is 96.3 Å². The second-order valence-corrected chi connectivity index (χ2v) is 7.32. The summed E-state index contributed by atoms with van der Waals surface area (Å²) in [4.78, 5) is 4.41. The van der Waals surface area contributed by atoms with Gasteiger partial charge in [-0.1, -0.05) is 47.3 Å². The molecule has 1 aliphatic rings. The van der Waals surface area contributed by atoms with Crippen LogP contribution in [0, 0.1) is 6.92 Å². The molecule has 5 rings (SSSR count). The molecule has 4 aromatic rings. The molecular weight excluding hydrogens is 392 g/mol. The first kappa shape index (κ1) is 17.7. The predicted molar refractivity (Wildman–Crippen MR) is 104 cm³/mol. The van der Waals surface area contributed by atoms with Crippen LogP contribution in [0.15, 0.2) is 62.7 Å². The van der Waals surface area contributed by atoms with Gasteiger partial charge in [0.05, 0.1) is 5.75 Å². The molecule has 0 bridgehead atoms. The molecule has 146 valence electrons. The van der Waals surface area contributed by atoms with Gasteiger partial charge < -0.3 is 18.4 Å². The number of thioether (sulfide) groups is 1. The zero-order chi connectivity index (χ0) is 19.6. The molecule has 9 heteroatoms. The maximum absolute atomic E-state index is 5.89. The standard InChI is InChI=1S/C20H16N4O4S/c1-12-6-2-3-7-13(12)18-22-23-20(27-18)29-11-17-21-19(28-24-17)16-10-25-14-8-4-5-9-15(14)26-16/h2-9,16H,10-11H2,1H3/t16-/m1/s1. The van der Waals surface area contributed by atoms with Crippen molar-refractivity contribution in [3.05, 3.63) is 65.8 Å². The fraction of sp³-hybridized carbons (Fsp3) is 0.200. The molecule has 0 saturated carbocycles. The van der Waals surface area contributed by atoms with Crippen LogP contribution in [-0.2, 0) is 5.75 Å². The van der Waals surface area contributed by atoms with Gasteiger partial charge in [0, 0.05) is 5.56 Å². The Morgan fingerprint density at radius 3 is 2.76 bits per heavy atom. The van der Waals surface area contributed by atoms with E-state index >= 15 is 0 Å². The Morgan fingerprint density at radius 2 is 1.86 bits per heavy atom. The number of hydrogen-bond donors (Lipinski definition) is 0. The van der Waals surface area contributed by atoms with Gasteiger partial charge in [0.25, 0.3) is 11.1 Å². The molecule has 2 aromatic carbocycles. The Labute approximate surface area is 170 Å². The normalized spacial score (nSPS) is 15.4. The number of aryl methyl sites for hydroxylation is 1. The van der Waals surface area contributed by atoms with E-state index in [9.17, 15) is 0 Å². The molecule has 0 unspecified atom stereocenters. The number of benzene rings is 2. The third-order valence-electron chi connectivity index (χ3n) is 4.37. The molecule has 3 heterocycles. The van der Waals surface area contributed by atoms with Gasteiger partial charge in [0.1, 0.15) is 6.61 Å². The van der Waals surface area contributed by atoms with Gasteiger partial charge in [-0.3, -0.25) is 0 Å². The van der Waals surface area contributed by atoms with Crippen LogP contribution < -0.4 is 9.47 Å². The van der Waals surface area contributed by atoms with Crippen LogP contribution in [0.4, 0.5) is 0 Å². The maximum atomic E-state index is 5.89. The Bertz CT molecular complexity index is 1140. The maximum Gasteiger partial charge on any atom is 0.277 e. The molecule has 29 heavy (non-hydrogen) atoms. The van der Waals surface area contributed by atoms with E-state index in [4.69, 9.17) is 18.4 Å². The predicted octanol–water partition coefficient (Wildman–Crippen LogP) is 4.23. The highest BCUT2D eigenvalue weighted by Crippen LogP contribution is 2.35. The molecule has 0 saturated heterocycles. The van der Waals surface area contributed by atoms with E-state index in [1.165, 1.54) is 11.8 Å². The minimum absolute atomic E-state index is 0.315. The van der Waals surface area contributed by atoms with Gasteiger partial charge in [0.15, 0.2) is 17.3 Å². The highest BCUT2D eigenvalue weighted by Gasteiger charge is 2.27. The molecule has 1 atom stereocenters. The highest BCUT2D eigenvalue weighted by atomic mass is 32.2. The first-order valence-corrected chi connectivity index (χ1v) is 9.98.